The third-order valence-corrected chi connectivity index (χ3v) is 5.08. The molecule has 0 saturated heterocycles. The predicted molar refractivity (Wildman–Crippen MR) is 93.8 cm³/mol. The van der Waals surface area contributed by atoms with Gasteiger partial charge in [0.05, 0.1) is 0 Å². The lowest BCUT2D eigenvalue weighted by molar-refractivity contribution is 0.0767. The summed E-state index contributed by atoms with van der Waals surface area (Å²) in [5.41, 5.74) is 2.47. The van der Waals surface area contributed by atoms with Gasteiger partial charge >= 0.3 is 0 Å². The Morgan fingerprint density at radius 3 is 2.96 bits per heavy atom. The number of rotatable bonds is 3. The molecule has 0 aromatic carbocycles. The first-order valence-corrected chi connectivity index (χ1v) is 8.73. The predicted octanol–water partition coefficient (Wildman–Crippen LogP) is 3.97. The summed E-state index contributed by atoms with van der Waals surface area (Å²) in [5.74, 6) is 1.47. The monoisotopic (exact) mass is 339 g/mol. The molecule has 1 amide bonds. The Morgan fingerprint density at radius 1 is 1.38 bits per heavy atom. The zero-order chi connectivity index (χ0) is 16.5. The minimum absolute atomic E-state index is 0.0535. The fraction of sp³-hybridized carbons (Fsp3) is 0.222. The van der Waals surface area contributed by atoms with Gasteiger partial charge in [-0.3, -0.25) is 9.89 Å². The molecule has 0 bridgehead atoms. The van der Waals surface area contributed by atoms with E-state index in [0.717, 1.165) is 17.9 Å². The molecule has 3 aromatic heterocycles. The van der Waals surface area contributed by atoms with E-state index in [2.05, 4.69) is 33.8 Å². The van der Waals surface area contributed by atoms with Gasteiger partial charge in [0.1, 0.15) is 11.5 Å². The zero-order valence-corrected chi connectivity index (χ0v) is 14.1. The van der Waals surface area contributed by atoms with Crippen molar-refractivity contribution < 1.29 is 9.21 Å². The molecule has 0 aliphatic carbocycles. The van der Waals surface area contributed by atoms with E-state index in [1.165, 1.54) is 10.5 Å². The molecule has 3 aromatic rings. The average Bonchev–Trinajstić information content (AvgIpc) is 3.35. The highest BCUT2D eigenvalue weighted by molar-refractivity contribution is 7.11. The van der Waals surface area contributed by atoms with Crippen LogP contribution in [-0.4, -0.2) is 34.1 Å². The number of carbonyl (C=O) groups is 1. The number of amides is 1. The van der Waals surface area contributed by atoms with E-state index >= 15 is 0 Å². The summed E-state index contributed by atoms with van der Waals surface area (Å²) in [6.07, 6.45) is 3.01. The first-order chi connectivity index (χ1) is 11.7. The number of H-pyrrole nitrogens is 1. The Kier molecular flexibility index (Phi) is 3.82. The van der Waals surface area contributed by atoms with Crippen molar-refractivity contribution in [3.63, 3.8) is 0 Å². The van der Waals surface area contributed by atoms with Crippen LogP contribution in [0, 0.1) is 6.92 Å². The summed E-state index contributed by atoms with van der Waals surface area (Å²) in [7, 11) is 0. The van der Waals surface area contributed by atoms with Crippen LogP contribution in [0.2, 0.25) is 0 Å². The number of aryl methyl sites for hydroxylation is 1. The van der Waals surface area contributed by atoms with Crippen LogP contribution in [-0.2, 0) is 0 Å². The molecule has 1 aliphatic rings. The molecule has 122 valence electrons. The molecule has 4 rings (SSSR count). The maximum Gasteiger partial charge on any atom is 0.274 e. The number of nitrogens with one attached hydrogen (secondary N) is 1. The van der Waals surface area contributed by atoms with Gasteiger partial charge < -0.3 is 9.32 Å². The van der Waals surface area contributed by atoms with Crippen LogP contribution >= 0.6 is 11.3 Å². The first kappa shape index (κ1) is 15.0. The molecular formula is C18H17N3O2S. The fourth-order valence-corrected chi connectivity index (χ4v) is 3.64. The van der Waals surface area contributed by atoms with Crippen molar-refractivity contribution in [1.82, 2.24) is 15.1 Å². The third-order valence-electron chi connectivity index (χ3n) is 4.14. The number of thiophene rings is 1. The Morgan fingerprint density at radius 2 is 2.29 bits per heavy atom. The minimum Gasteiger partial charge on any atom is -0.460 e. The van der Waals surface area contributed by atoms with Gasteiger partial charge in [-0.1, -0.05) is 12.1 Å². The number of carbonyl (C=O) groups excluding carboxylic acids is 1. The number of aromatic nitrogens is 2. The molecule has 0 spiro atoms. The van der Waals surface area contributed by atoms with E-state index in [9.17, 15) is 4.79 Å². The molecule has 1 N–H and O–H groups in total. The van der Waals surface area contributed by atoms with Gasteiger partial charge in [-0.25, -0.2) is 0 Å². The summed E-state index contributed by atoms with van der Waals surface area (Å²) in [6.45, 7) is 3.22. The Hall–Kier alpha value is -2.60. The molecule has 5 nitrogen and oxygen atoms in total. The Balaban J connectivity index is 1.48. The molecule has 24 heavy (non-hydrogen) atoms. The lowest BCUT2D eigenvalue weighted by Crippen LogP contribution is -2.34. The van der Waals surface area contributed by atoms with E-state index in [1.54, 1.807) is 17.4 Å². The number of hydrogen-bond donors (Lipinski definition) is 1. The summed E-state index contributed by atoms with van der Waals surface area (Å²) in [6, 6.07) is 9.69. The zero-order valence-electron chi connectivity index (χ0n) is 13.3. The van der Waals surface area contributed by atoms with Crippen molar-refractivity contribution in [3.05, 3.63) is 58.1 Å². The molecular weight excluding hydrogens is 322 g/mol. The molecule has 0 saturated carbocycles. The van der Waals surface area contributed by atoms with Crippen LogP contribution in [0.3, 0.4) is 0 Å². The van der Waals surface area contributed by atoms with Crippen molar-refractivity contribution in [2.75, 3.05) is 13.1 Å². The molecule has 4 heterocycles. The topological polar surface area (TPSA) is 62.1 Å². The number of aromatic amines is 1. The van der Waals surface area contributed by atoms with Crippen molar-refractivity contribution in [1.29, 1.82) is 0 Å². The van der Waals surface area contributed by atoms with Gasteiger partial charge in [-0.05, 0) is 42.5 Å². The maximum absolute atomic E-state index is 12.6. The van der Waals surface area contributed by atoms with Crippen LogP contribution in [0.15, 0.2) is 46.2 Å². The summed E-state index contributed by atoms with van der Waals surface area (Å²) in [4.78, 5) is 15.7. The second-order valence-electron chi connectivity index (χ2n) is 5.78. The Labute approximate surface area is 143 Å². The van der Waals surface area contributed by atoms with Gasteiger partial charge in [-0.2, -0.15) is 5.10 Å². The molecule has 1 aliphatic heterocycles. The quantitative estimate of drug-likeness (QED) is 0.785. The van der Waals surface area contributed by atoms with E-state index in [1.807, 2.05) is 24.0 Å². The van der Waals surface area contributed by atoms with Crippen LogP contribution in [0.25, 0.3) is 17.0 Å². The van der Waals surface area contributed by atoms with E-state index < -0.39 is 0 Å². The third kappa shape index (κ3) is 2.80. The smallest absolute Gasteiger partial charge is 0.274 e. The molecule has 0 fully saturated rings. The van der Waals surface area contributed by atoms with E-state index in [-0.39, 0.29) is 5.91 Å². The summed E-state index contributed by atoms with van der Waals surface area (Å²) in [5, 5.41) is 9.11. The van der Waals surface area contributed by atoms with Gasteiger partial charge in [0.2, 0.25) is 0 Å². The van der Waals surface area contributed by atoms with Crippen molar-refractivity contribution in [2.45, 2.75) is 13.3 Å². The average molecular weight is 339 g/mol. The highest BCUT2D eigenvalue weighted by Crippen LogP contribution is 2.27. The Bertz CT molecular complexity index is 889. The first-order valence-electron chi connectivity index (χ1n) is 7.85. The lowest BCUT2D eigenvalue weighted by Gasteiger charge is -2.25. The lowest BCUT2D eigenvalue weighted by atomic mass is 10.1. The number of furan rings is 1. The van der Waals surface area contributed by atoms with Crippen LogP contribution in [0.1, 0.15) is 27.5 Å². The second kappa shape index (κ2) is 6.13. The second-order valence-corrected chi connectivity index (χ2v) is 6.73. The van der Waals surface area contributed by atoms with Crippen LogP contribution in [0.4, 0.5) is 0 Å². The summed E-state index contributed by atoms with van der Waals surface area (Å²) < 4.78 is 5.56. The van der Waals surface area contributed by atoms with Crippen molar-refractivity contribution in [3.8, 4) is 11.5 Å². The fourth-order valence-electron chi connectivity index (χ4n) is 2.84. The highest BCUT2D eigenvalue weighted by atomic mass is 32.1. The van der Waals surface area contributed by atoms with E-state index in [4.69, 9.17) is 4.42 Å². The molecule has 0 atom stereocenters. The van der Waals surface area contributed by atoms with Gasteiger partial charge in [0, 0.05) is 24.0 Å². The van der Waals surface area contributed by atoms with Crippen LogP contribution < -0.4 is 0 Å². The standard InChI is InChI=1S/C18H17N3O2S/c1-12-4-5-16(23-12)14-11-15(20-19-14)18(22)21-8-6-13(7-9-21)17-3-2-10-24-17/h2-6,10-11H,7-9H2,1H3,(H,19,20). The maximum atomic E-state index is 12.6. The SMILES string of the molecule is Cc1ccc(-c2cc(C(=O)N3CC=C(c4cccs4)CC3)n[nH]2)o1. The van der Waals surface area contributed by atoms with E-state index in [0.29, 0.717) is 24.5 Å². The largest absolute Gasteiger partial charge is 0.460 e. The van der Waals surface area contributed by atoms with Gasteiger partial charge in [0.15, 0.2) is 11.5 Å². The minimum atomic E-state index is -0.0535. The van der Waals surface area contributed by atoms with Gasteiger partial charge in [-0.15, -0.1) is 11.3 Å². The molecule has 0 radical (unpaired) electrons. The normalized spacial score (nSPS) is 14.7. The van der Waals surface area contributed by atoms with Gasteiger partial charge in [0.25, 0.3) is 5.91 Å². The van der Waals surface area contributed by atoms with Crippen molar-refractivity contribution >= 4 is 22.8 Å². The number of nitrogens with zero attached hydrogens (tertiary/aromatic N) is 2. The highest BCUT2D eigenvalue weighted by Gasteiger charge is 2.22. The summed E-state index contributed by atoms with van der Waals surface area (Å²) >= 11 is 1.74. The van der Waals surface area contributed by atoms with Crippen molar-refractivity contribution in [2.24, 2.45) is 0 Å². The van der Waals surface area contributed by atoms with Crippen LogP contribution in [0.5, 0.6) is 0 Å². The number of hydrogen-bond acceptors (Lipinski definition) is 4. The molecule has 0 unspecified atom stereocenters. The molecule has 6 heteroatoms.